The van der Waals surface area contributed by atoms with Gasteiger partial charge in [-0.1, -0.05) is 18.9 Å². The Balaban J connectivity index is 1.26. The first-order valence-electron chi connectivity index (χ1n) is 11.8. The average molecular weight is 451 g/mol. The second kappa shape index (κ2) is 8.00. The molecule has 3 fully saturated rings. The fourth-order valence-corrected chi connectivity index (χ4v) is 5.64. The normalized spacial score (nSPS) is 26.8. The average Bonchev–Trinajstić information content (AvgIpc) is 3.57. The van der Waals surface area contributed by atoms with Crippen molar-refractivity contribution in [1.29, 1.82) is 0 Å². The van der Waals surface area contributed by atoms with Gasteiger partial charge in [0, 0.05) is 11.6 Å². The molecule has 6 rings (SSSR count). The number of fused-ring (bicyclic) bond motifs is 2. The summed E-state index contributed by atoms with van der Waals surface area (Å²) in [6.45, 7) is 0. The van der Waals surface area contributed by atoms with E-state index in [0.717, 1.165) is 38.5 Å². The van der Waals surface area contributed by atoms with E-state index < -0.39 is 6.17 Å². The van der Waals surface area contributed by atoms with Crippen LogP contribution in [0.1, 0.15) is 44.9 Å². The topological polar surface area (TPSA) is 106 Å². The summed E-state index contributed by atoms with van der Waals surface area (Å²) < 4.78 is 15.5. The Morgan fingerprint density at radius 1 is 1.06 bits per heavy atom. The van der Waals surface area contributed by atoms with Crippen LogP contribution in [0.15, 0.2) is 24.4 Å². The van der Waals surface area contributed by atoms with Gasteiger partial charge in [0.2, 0.25) is 5.82 Å². The molecule has 9 nitrogen and oxygen atoms in total. The van der Waals surface area contributed by atoms with Gasteiger partial charge in [-0.05, 0) is 61.3 Å². The van der Waals surface area contributed by atoms with Crippen LogP contribution in [0.5, 0.6) is 5.75 Å². The molecule has 0 aliphatic heterocycles. The van der Waals surface area contributed by atoms with Gasteiger partial charge in [0.15, 0.2) is 11.6 Å². The molecular formula is C23H27FN8O. The SMILES string of the molecule is Cn1nnc(-c2ccc(-c3ncc(N(C4CC4)[C@H]4C[C@@H]5CCC[C@@H](C5)[C@H]4F)nn3)c(O)c2)n1. The third kappa shape index (κ3) is 3.81. The highest BCUT2D eigenvalue weighted by atomic mass is 19.1. The molecule has 0 amide bonds. The predicted octanol–water partition coefficient (Wildman–Crippen LogP) is 3.32. The number of aryl methyl sites for hydroxylation is 1. The maximum atomic E-state index is 15.5. The molecule has 3 saturated carbocycles. The van der Waals surface area contributed by atoms with Gasteiger partial charge in [0.1, 0.15) is 11.9 Å². The van der Waals surface area contributed by atoms with Crippen LogP contribution in [-0.2, 0) is 7.05 Å². The number of tetrazole rings is 1. The lowest BCUT2D eigenvalue weighted by Crippen LogP contribution is -2.52. The number of phenols is 1. The maximum Gasteiger partial charge on any atom is 0.205 e. The maximum absolute atomic E-state index is 15.5. The molecule has 0 spiro atoms. The third-order valence-corrected chi connectivity index (χ3v) is 7.33. The zero-order valence-electron chi connectivity index (χ0n) is 18.5. The van der Waals surface area contributed by atoms with E-state index in [4.69, 9.17) is 0 Å². The minimum atomic E-state index is -0.824. The Morgan fingerprint density at radius 3 is 2.64 bits per heavy atom. The molecule has 2 bridgehead atoms. The minimum absolute atomic E-state index is 0.0116. The van der Waals surface area contributed by atoms with E-state index in [1.807, 2.05) is 0 Å². The predicted molar refractivity (Wildman–Crippen MR) is 119 cm³/mol. The van der Waals surface area contributed by atoms with Crippen LogP contribution in [0.25, 0.3) is 22.8 Å². The van der Waals surface area contributed by atoms with Crippen LogP contribution in [0.4, 0.5) is 10.2 Å². The molecule has 172 valence electrons. The van der Waals surface area contributed by atoms with Crippen molar-refractivity contribution >= 4 is 5.82 Å². The van der Waals surface area contributed by atoms with Crippen LogP contribution in [0.3, 0.4) is 0 Å². The number of anilines is 1. The second-order valence-electron chi connectivity index (χ2n) is 9.65. The first kappa shape index (κ1) is 20.4. The van der Waals surface area contributed by atoms with Gasteiger partial charge >= 0.3 is 0 Å². The summed E-state index contributed by atoms with van der Waals surface area (Å²) in [4.78, 5) is 8.01. The summed E-state index contributed by atoms with van der Waals surface area (Å²) in [5, 5.41) is 31.3. The van der Waals surface area contributed by atoms with Crippen LogP contribution >= 0.6 is 0 Å². The summed E-state index contributed by atoms with van der Waals surface area (Å²) in [6, 6.07) is 5.25. The highest BCUT2D eigenvalue weighted by Gasteiger charge is 2.46. The number of benzene rings is 1. The molecule has 0 radical (unpaired) electrons. The van der Waals surface area contributed by atoms with E-state index in [1.165, 1.54) is 11.2 Å². The van der Waals surface area contributed by atoms with Crippen molar-refractivity contribution in [2.75, 3.05) is 4.90 Å². The zero-order valence-corrected chi connectivity index (χ0v) is 18.5. The van der Waals surface area contributed by atoms with Gasteiger partial charge in [0.25, 0.3) is 0 Å². The monoisotopic (exact) mass is 450 g/mol. The molecule has 3 aliphatic carbocycles. The Bertz CT molecular complexity index is 1150. The molecule has 33 heavy (non-hydrogen) atoms. The first-order chi connectivity index (χ1) is 16.1. The van der Waals surface area contributed by atoms with Crippen LogP contribution in [0, 0.1) is 11.8 Å². The number of alkyl halides is 1. The number of rotatable bonds is 5. The quantitative estimate of drug-likeness (QED) is 0.631. The summed E-state index contributed by atoms with van der Waals surface area (Å²) in [6.07, 6.45) is 8.23. The molecule has 0 unspecified atom stereocenters. The van der Waals surface area contributed by atoms with E-state index in [1.54, 1.807) is 31.4 Å². The number of nitrogens with zero attached hydrogens (tertiary/aromatic N) is 8. The van der Waals surface area contributed by atoms with Crippen molar-refractivity contribution in [3.05, 3.63) is 24.4 Å². The summed E-state index contributed by atoms with van der Waals surface area (Å²) in [5.41, 5.74) is 1.11. The Morgan fingerprint density at radius 2 is 1.94 bits per heavy atom. The van der Waals surface area contributed by atoms with Gasteiger partial charge < -0.3 is 10.0 Å². The van der Waals surface area contributed by atoms with Gasteiger partial charge in [-0.15, -0.1) is 20.4 Å². The molecule has 3 aliphatic rings. The number of halogens is 1. The first-order valence-corrected chi connectivity index (χ1v) is 11.8. The second-order valence-corrected chi connectivity index (χ2v) is 9.65. The number of phenolic OH excluding ortho intramolecular Hbond substituents is 1. The van der Waals surface area contributed by atoms with Crippen molar-refractivity contribution in [3.8, 4) is 28.5 Å². The van der Waals surface area contributed by atoms with Crippen molar-refractivity contribution in [3.63, 3.8) is 0 Å². The van der Waals surface area contributed by atoms with Gasteiger partial charge in [-0.25, -0.2) is 9.37 Å². The Kier molecular flexibility index (Phi) is 4.95. The van der Waals surface area contributed by atoms with Crippen molar-refractivity contribution in [2.45, 2.75) is 63.2 Å². The lowest BCUT2D eigenvalue weighted by Gasteiger charge is -2.46. The standard InChI is InChI=1S/C23H27FN8O/c1-31-29-22(28-30-31)15-5-8-17(19(33)11-15)23-25-12-20(26-27-23)32(16-6-7-16)18-10-13-3-2-4-14(9-13)21(18)24/h5,8,11-14,16,18,21,33H,2-4,6-7,9-10H2,1H3/t13-,14+,18+,21-/m1/s1. The van der Waals surface area contributed by atoms with Crippen molar-refractivity contribution in [1.82, 2.24) is 35.4 Å². The van der Waals surface area contributed by atoms with E-state index in [9.17, 15) is 5.11 Å². The van der Waals surface area contributed by atoms with E-state index in [0.29, 0.717) is 40.6 Å². The molecule has 4 atom stereocenters. The van der Waals surface area contributed by atoms with E-state index in [-0.39, 0.29) is 17.7 Å². The van der Waals surface area contributed by atoms with Gasteiger partial charge in [-0.3, -0.25) is 0 Å². The molecule has 1 aromatic carbocycles. The largest absolute Gasteiger partial charge is 0.507 e. The fraction of sp³-hybridized carbons (Fsp3) is 0.565. The number of hydrogen-bond acceptors (Lipinski definition) is 8. The summed E-state index contributed by atoms with van der Waals surface area (Å²) >= 11 is 0. The molecule has 10 heteroatoms. The molecule has 2 heterocycles. The molecular weight excluding hydrogens is 423 g/mol. The number of aromatic nitrogens is 7. The third-order valence-electron chi connectivity index (χ3n) is 7.33. The zero-order chi connectivity index (χ0) is 22.5. The molecule has 2 aromatic heterocycles. The lowest BCUT2D eigenvalue weighted by atomic mass is 9.69. The van der Waals surface area contributed by atoms with E-state index in [2.05, 4.69) is 35.5 Å². The van der Waals surface area contributed by atoms with Crippen molar-refractivity contribution < 1.29 is 9.50 Å². The van der Waals surface area contributed by atoms with Crippen molar-refractivity contribution in [2.24, 2.45) is 18.9 Å². The summed E-state index contributed by atoms with van der Waals surface area (Å²) in [5.74, 6) is 2.17. The minimum Gasteiger partial charge on any atom is -0.507 e. The Hall–Kier alpha value is -3.17. The van der Waals surface area contributed by atoms with Crippen LogP contribution < -0.4 is 4.90 Å². The lowest BCUT2D eigenvalue weighted by molar-refractivity contribution is 0.0631. The van der Waals surface area contributed by atoms with Gasteiger partial charge in [0.05, 0.1) is 24.8 Å². The summed E-state index contributed by atoms with van der Waals surface area (Å²) in [7, 11) is 1.68. The molecule has 3 aromatic rings. The number of aromatic hydroxyl groups is 1. The fourth-order valence-electron chi connectivity index (χ4n) is 5.64. The smallest absolute Gasteiger partial charge is 0.205 e. The van der Waals surface area contributed by atoms with Crippen LogP contribution in [0.2, 0.25) is 0 Å². The van der Waals surface area contributed by atoms with Crippen LogP contribution in [-0.4, -0.2) is 58.8 Å². The molecule has 0 saturated heterocycles. The van der Waals surface area contributed by atoms with Gasteiger partial charge in [-0.2, -0.15) is 4.80 Å². The Labute approximate surface area is 191 Å². The van der Waals surface area contributed by atoms with E-state index >= 15 is 4.39 Å². The highest BCUT2D eigenvalue weighted by Crippen LogP contribution is 2.46. The number of hydrogen-bond donors (Lipinski definition) is 1. The highest BCUT2D eigenvalue weighted by molar-refractivity contribution is 5.70. The molecule has 1 N–H and O–H groups in total.